The van der Waals surface area contributed by atoms with E-state index < -0.39 is 0 Å². The molecule has 2 aliphatic carbocycles. The number of amides is 2. The van der Waals surface area contributed by atoms with Gasteiger partial charge in [-0.2, -0.15) is 0 Å². The topological polar surface area (TPSA) is 32.3 Å². The van der Waals surface area contributed by atoms with Gasteiger partial charge < -0.3 is 10.2 Å². The molecule has 0 radical (unpaired) electrons. The Bertz CT molecular complexity index is 511. The Morgan fingerprint density at radius 3 is 2.58 bits per heavy atom. The van der Waals surface area contributed by atoms with E-state index in [1.807, 2.05) is 24.1 Å². The first-order valence-electron chi connectivity index (χ1n) is 6.61. The number of carbonyl (C=O) groups excluding carboxylic acids is 1. The average molecular weight is 277 g/mol. The first-order valence-corrected chi connectivity index (χ1v) is 6.99. The molecule has 3 nitrogen and oxygen atoms in total. The number of hydrogen-bond donors (Lipinski definition) is 1. The molecule has 3 atom stereocenters. The molecule has 1 N–H and O–H groups in total. The smallest absolute Gasteiger partial charge is 0.321 e. The number of allylic oxidation sites excluding steroid dienone is 1. The van der Waals surface area contributed by atoms with Gasteiger partial charge in [0, 0.05) is 23.8 Å². The molecule has 1 fully saturated rings. The second-order valence-electron chi connectivity index (χ2n) is 5.40. The van der Waals surface area contributed by atoms with Gasteiger partial charge >= 0.3 is 6.03 Å². The van der Waals surface area contributed by atoms with Crippen LogP contribution in [-0.4, -0.2) is 24.0 Å². The van der Waals surface area contributed by atoms with E-state index in [9.17, 15) is 4.79 Å². The summed E-state index contributed by atoms with van der Waals surface area (Å²) in [6, 6.07) is 7.47. The van der Waals surface area contributed by atoms with Gasteiger partial charge in [-0.3, -0.25) is 0 Å². The van der Waals surface area contributed by atoms with Gasteiger partial charge in [0.15, 0.2) is 0 Å². The molecule has 2 amide bonds. The van der Waals surface area contributed by atoms with Crippen LogP contribution in [0.2, 0.25) is 5.02 Å². The van der Waals surface area contributed by atoms with E-state index in [0.717, 1.165) is 12.1 Å². The van der Waals surface area contributed by atoms with E-state index in [-0.39, 0.29) is 6.03 Å². The van der Waals surface area contributed by atoms with Crippen molar-refractivity contribution in [2.45, 2.75) is 18.9 Å². The van der Waals surface area contributed by atoms with Crippen molar-refractivity contribution < 1.29 is 4.79 Å². The molecular weight excluding hydrogens is 260 g/mol. The Morgan fingerprint density at radius 2 is 2.00 bits per heavy atom. The molecular formula is C15H17ClN2O. The van der Waals surface area contributed by atoms with Crippen molar-refractivity contribution in [3.8, 4) is 0 Å². The molecule has 1 aromatic carbocycles. The van der Waals surface area contributed by atoms with Crippen molar-refractivity contribution >= 4 is 23.3 Å². The molecule has 0 aliphatic heterocycles. The lowest BCUT2D eigenvalue weighted by atomic mass is 10.0. The highest BCUT2D eigenvalue weighted by atomic mass is 35.5. The molecule has 0 aromatic heterocycles. The fraction of sp³-hybridized carbons (Fsp3) is 0.400. The number of halogens is 1. The number of nitrogens with zero attached hydrogens (tertiary/aromatic N) is 1. The van der Waals surface area contributed by atoms with Crippen LogP contribution in [0.4, 0.5) is 10.5 Å². The molecule has 0 heterocycles. The lowest BCUT2D eigenvalue weighted by Crippen LogP contribution is -2.42. The van der Waals surface area contributed by atoms with Crippen LogP contribution in [0.25, 0.3) is 0 Å². The van der Waals surface area contributed by atoms with E-state index in [4.69, 9.17) is 11.6 Å². The first-order chi connectivity index (χ1) is 9.13. The van der Waals surface area contributed by atoms with Gasteiger partial charge in [-0.05, 0) is 48.9 Å². The van der Waals surface area contributed by atoms with Crippen LogP contribution < -0.4 is 5.32 Å². The predicted octanol–water partition coefficient (Wildman–Crippen LogP) is 3.77. The summed E-state index contributed by atoms with van der Waals surface area (Å²) >= 11 is 5.83. The highest BCUT2D eigenvalue weighted by Gasteiger charge is 2.39. The van der Waals surface area contributed by atoms with Crippen molar-refractivity contribution in [1.29, 1.82) is 0 Å². The van der Waals surface area contributed by atoms with Crippen LogP contribution in [0.5, 0.6) is 0 Å². The van der Waals surface area contributed by atoms with E-state index in [0.29, 0.717) is 22.9 Å². The van der Waals surface area contributed by atoms with Gasteiger partial charge in [0.2, 0.25) is 0 Å². The van der Waals surface area contributed by atoms with E-state index >= 15 is 0 Å². The van der Waals surface area contributed by atoms with Crippen LogP contribution >= 0.6 is 11.6 Å². The number of fused-ring (bicyclic) bond motifs is 2. The average Bonchev–Trinajstić information content (AvgIpc) is 3.03. The summed E-state index contributed by atoms with van der Waals surface area (Å²) in [6.07, 6.45) is 6.83. The van der Waals surface area contributed by atoms with Gasteiger partial charge in [-0.15, -0.1) is 0 Å². The van der Waals surface area contributed by atoms with Crippen LogP contribution in [-0.2, 0) is 0 Å². The number of anilines is 1. The third kappa shape index (κ3) is 2.47. The molecule has 2 aliphatic rings. The van der Waals surface area contributed by atoms with Gasteiger partial charge in [0.05, 0.1) is 0 Å². The van der Waals surface area contributed by atoms with Crippen molar-refractivity contribution in [2.75, 3.05) is 12.4 Å². The Hall–Kier alpha value is -1.48. The van der Waals surface area contributed by atoms with Crippen molar-refractivity contribution in [3.63, 3.8) is 0 Å². The zero-order valence-electron chi connectivity index (χ0n) is 10.8. The van der Waals surface area contributed by atoms with Crippen LogP contribution in [0.15, 0.2) is 36.4 Å². The number of hydrogen-bond acceptors (Lipinski definition) is 1. The fourth-order valence-electron chi connectivity index (χ4n) is 3.09. The maximum Gasteiger partial charge on any atom is 0.321 e. The quantitative estimate of drug-likeness (QED) is 0.820. The minimum Gasteiger partial charge on any atom is -0.324 e. The normalized spacial score (nSPS) is 27.6. The second kappa shape index (κ2) is 4.89. The Balaban J connectivity index is 1.64. The fourth-order valence-corrected chi connectivity index (χ4v) is 3.22. The van der Waals surface area contributed by atoms with Gasteiger partial charge in [0.1, 0.15) is 0 Å². The second-order valence-corrected chi connectivity index (χ2v) is 5.83. The predicted molar refractivity (Wildman–Crippen MR) is 77.4 cm³/mol. The number of carbonyl (C=O) groups is 1. The van der Waals surface area contributed by atoms with E-state index in [1.54, 1.807) is 12.1 Å². The van der Waals surface area contributed by atoms with Crippen molar-refractivity contribution in [2.24, 2.45) is 11.8 Å². The highest BCUT2D eigenvalue weighted by Crippen LogP contribution is 2.41. The zero-order valence-corrected chi connectivity index (χ0v) is 11.6. The summed E-state index contributed by atoms with van der Waals surface area (Å²) < 4.78 is 0. The lowest BCUT2D eigenvalue weighted by Gasteiger charge is -2.29. The maximum atomic E-state index is 12.2. The van der Waals surface area contributed by atoms with Crippen LogP contribution in [0, 0.1) is 11.8 Å². The number of urea groups is 1. The Kier molecular flexibility index (Phi) is 3.23. The van der Waals surface area contributed by atoms with Crippen molar-refractivity contribution in [1.82, 2.24) is 4.90 Å². The van der Waals surface area contributed by atoms with Crippen molar-refractivity contribution in [3.05, 3.63) is 41.4 Å². The third-order valence-electron chi connectivity index (χ3n) is 4.16. The molecule has 3 rings (SSSR count). The Morgan fingerprint density at radius 1 is 1.26 bits per heavy atom. The molecule has 1 aromatic rings. The number of nitrogens with one attached hydrogen (secondary N) is 1. The molecule has 2 bridgehead atoms. The van der Waals surface area contributed by atoms with Gasteiger partial charge in [-0.1, -0.05) is 23.8 Å². The number of rotatable bonds is 2. The van der Waals surface area contributed by atoms with Crippen LogP contribution in [0.3, 0.4) is 0 Å². The Labute approximate surface area is 118 Å². The summed E-state index contributed by atoms with van der Waals surface area (Å²) in [6.45, 7) is 0. The van der Waals surface area contributed by atoms with Gasteiger partial charge in [0.25, 0.3) is 0 Å². The summed E-state index contributed by atoms with van der Waals surface area (Å²) in [7, 11) is 1.88. The monoisotopic (exact) mass is 276 g/mol. The first kappa shape index (κ1) is 12.5. The maximum absolute atomic E-state index is 12.2. The molecule has 4 heteroatoms. The minimum absolute atomic E-state index is 0.0479. The van der Waals surface area contributed by atoms with E-state index in [1.165, 1.54) is 6.42 Å². The SMILES string of the molecule is CN(C(=O)Nc1ccc(Cl)cc1)[C@@H]1C[C@H]2C=C[C@@H]1C2. The van der Waals surface area contributed by atoms with E-state index in [2.05, 4.69) is 17.5 Å². The number of benzene rings is 1. The standard InChI is InChI=1S/C15H17ClN2O/c1-18(14-9-10-2-3-11(14)8-10)15(19)17-13-6-4-12(16)5-7-13/h2-7,10-11,14H,8-9H2,1H3,(H,17,19)/t10-,11+,14+/m0/s1. The minimum atomic E-state index is -0.0479. The largest absolute Gasteiger partial charge is 0.324 e. The zero-order chi connectivity index (χ0) is 13.4. The van der Waals surface area contributed by atoms with Crippen LogP contribution in [0.1, 0.15) is 12.8 Å². The summed E-state index contributed by atoms with van der Waals surface area (Å²) in [5.74, 6) is 1.20. The summed E-state index contributed by atoms with van der Waals surface area (Å²) in [4.78, 5) is 14.1. The molecule has 0 unspecified atom stereocenters. The van der Waals surface area contributed by atoms with Gasteiger partial charge in [-0.25, -0.2) is 4.79 Å². The molecule has 100 valence electrons. The molecule has 0 spiro atoms. The molecule has 1 saturated carbocycles. The third-order valence-corrected chi connectivity index (χ3v) is 4.41. The summed E-state index contributed by atoms with van der Waals surface area (Å²) in [5.41, 5.74) is 0.778. The molecule has 0 saturated heterocycles. The lowest BCUT2D eigenvalue weighted by molar-refractivity contribution is 0.194. The highest BCUT2D eigenvalue weighted by molar-refractivity contribution is 6.30. The summed E-state index contributed by atoms with van der Waals surface area (Å²) in [5, 5.41) is 3.58. The molecule has 19 heavy (non-hydrogen) atoms.